The second kappa shape index (κ2) is 6.83. The fraction of sp³-hybridized carbons (Fsp3) is 1.00. The first-order valence-corrected chi connectivity index (χ1v) is 10.2. The minimum Gasteiger partial charge on any atom is -0.313 e. The molecule has 1 saturated carbocycles. The summed E-state index contributed by atoms with van der Waals surface area (Å²) in [5.41, 5.74) is 0. The minimum absolute atomic E-state index is 0.348. The van der Waals surface area contributed by atoms with Crippen LogP contribution in [-0.2, 0) is 10.0 Å². The van der Waals surface area contributed by atoms with Crippen molar-refractivity contribution in [3.05, 3.63) is 0 Å². The summed E-state index contributed by atoms with van der Waals surface area (Å²) < 4.78 is 26.8. The lowest BCUT2D eigenvalue weighted by Gasteiger charge is -2.22. The van der Waals surface area contributed by atoms with E-state index in [-0.39, 0.29) is 5.25 Å². The van der Waals surface area contributed by atoms with Crippen LogP contribution in [0.1, 0.15) is 19.8 Å². The van der Waals surface area contributed by atoms with Gasteiger partial charge in [-0.05, 0) is 19.8 Å². The van der Waals surface area contributed by atoms with Crippen molar-refractivity contribution < 1.29 is 8.42 Å². The quantitative estimate of drug-likeness (QED) is 0.731. The Morgan fingerprint density at radius 2 is 2.11 bits per heavy atom. The summed E-state index contributed by atoms with van der Waals surface area (Å²) >= 11 is 3.80. The summed E-state index contributed by atoms with van der Waals surface area (Å²) in [6.07, 6.45) is 2.38. The van der Waals surface area contributed by atoms with E-state index in [4.69, 9.17) is 0 Å². The first kappa shape index (κ1) is 15.0. The second-order valence-electron chi connectivity index (χ2n) is 4.95. The van der Waals surface area contributed by atoms with Crippen LogP contribution in [0, 0.1) is 0 Å². The SMILES string of the molecule is CC(CNC1CC1)S(=O)(=O)NCC1CSCCS1. The molecule has 0 aromatic rings. The van der Waals surface area contributed by atoms with Crippen LogP contribution < -0.4 is 10.0 Å². The molecular formula is C11H22N2O2S3. The van der Waals surface area contributed by atoms with Crippen LogP contribution in [0.3, 0.4) is 0 Å². The molecule has 1 aliphatic carbocycles. The van der Waals surface area contributed by atoms with Crippen molar-refractivity contribution in [2.45, 2.75) is 36.3 Å². The van der Waals surface area contributed by atoms with Gasteiger partial charge in [0.15, 0.2) is 0 Å². The minimum atomic E-state index is -3.16. The number of nitrogens with one attached hydrogen (secondary N) is 2. The Morgan fingerprint density at radius 3 is 2.72 bits per heavy atom. The average Bonchev–Trinajstić information content (AvgIpc) is 3.19. The highest BCUT2D eigenvalue weighted by Crippen LogP contribution is 2.23. The zero-order valence-electron chi connectivity index (χ0n) is 10.7. The van der Waals surface area contributed by atoms with Gasteiger partial charge < -0.3 is 5.32 Å². The van der Waals surface area contributed by atoms with Gasteiger partial charge in [-0.15, -0.1) is 0 Å². The third kappa shape index (κ3) is 4.92. The standard InChI is InChI=1S/C11H22N2O2S3/c1-9(6-12-10-2-3-10)18(14,15)13-7-11-8-16-4-5-17-11/h9-13H,2-8H2,1H3. The van der Waals surface area contributed by atoms with Crippen LogP contribution in [0.4, 0.5) is 0 Å². The summed E-state index contributed by atoms with van der Waals surface area (Å²) in [5, 5.41) is 3.36. The zero-order chi connectivity index (χ0) is 13.0. The summed E-state index contributed by atoms with van der Waals surface area (Å²) in [6, 6.07) is 0.563. The first-order valence-electron chi connectivity index (χ1n) is 6.49. The topological polar surface area (TPSA) is 58.2 Å². The number of sulfonamides is 1. The molecule has 0 radical (unpaired) electrons. The predicted octanol–water partition coefficient (Wildman–Crippen LogP) is 0.895. The van der Waals surface area contributed by atoms with E-state index < -0.39 is 10.0 Å². The summed E-state index contributed by atoms with van der Waals surface area (Å²) in [4.78, 5) is 0. The number of hydrogen-bond donors (Lipinski definition) is 2. The molecule has 4 nitrogen and oxygen atoms in total. The average molecular weight is 311 g/mol. The summed E-state index contributed by atoms with van der Waals surface area (Å²) in [6.45, 7) is 2.92. The zero-order valence-corrected chi connectivity index (χ0v) is 13.2. The van der Waals surface area contributed by atoms with Gasteiger partial charge in [-0.2, -0.15) is 23.5 Å². The molecule has 1 aliphatic heterocycles. The molecule has 0 aromatic carbocycles. The molecule has 2 atom stereocenters. The van der Waals surface area contributed by atoms with E-state index in [1.165, 1.54) is 18.6 Å². The van der Waals surface area contributed by atoms with Gasteiger partial charge in [0, 0.05) is 41.6 Å². The monoisotopic (exact) mass is 310 g/mol. The molecule has 7 heteroatoms. The summed E-state index contributed by atoms with van der Waals surface area (Å²) in [5.74, 6) is 3.38. The van der Waals surface area contributed by atoms with Crippen molar-refractivity contribution in [3.8, 4) is 0 Å². The van der Waals surface area contributed by atoms with Crippen LogP contribution in [-0.4, -0.2) is 55.3 Å². The third-order valence-electron chi connectivity index (χ3n) is 3.20. The van der Waals surface area contributed by atoms with Gasteiger partial charge in [0.2, 0.25) is 10.0 Å². The van der Waals surface area contributed by atoms with E-state index in [2.05, 4.69) is 10.0 Å². The van der Waals surface area contributed by atoms with Gasteiger partial charge in [-0.25, -0.2) is 13.1 Å². The van der Waals surface area contributed by atoms with Crippen molar-refractivity contribution in [1.29, 1.82) is 0 Å². The lowest BCUT2D eigenvalue weighted by atomic mass is 10.4. The first-order chi connectivity index (χ1) is 8.58. The second-order valence-corrected chi connectivity index (χ2v) is 9.70. The number of hydrogen-bond acceptors (Lipinski definition) is 5. The smallest absolute Gasteiger partial charge is 0.215 e. The largest absolute Gasteiger partial charge is 0.313 e. The molecule has 0 aromatic heterocycles. The lowest BCUT2D eigenvalue weighted by Crippen LogP contribution is -2.42. The lowest BCUT2D eigenvalue weighted by molar-refractivity contribution is 0.557. The van der Waals surface area contributed by atoms with Gasteiger partial charge >= 0.3 is 0 Å². The number of rotatable bonds is 7. The molecule has 2 fully saturated rings. The molecule has 1 saturated heterocycles. The molecule has 106 valence electrons. The molecule has 0 amide bonds. The van der Waals surface area contributed by atoms with E-state index in [0.717, 1.165) is 11.5 Å². The Balaban J connectivity index is 1.70. The maximum Gasteiger partial charge on any atom is 0.215 e. The van der Waals surface area contributed by atoms with Crippen LogP contribution >= 0.6 is 23.5 Å². The molecule has 2 N–H and O–H groups in total. The Hall–Kier alpha value is 0.570. The Morgan fingerprint density at radius 1 is 1.33 bits per heavy atom. The van der Waals surface area contributed by atoms with E-state index in [1.54, 1.807) is 6.92 Å². The number of thioether (sulfide) groups is 2. The highest BCUT2D eigenvalue weighted by atomic mass is 32.2. The molecule has 0 bridgehead atoms. The molecule has 0 spiro atoms. The molecule has 2 aliphatic rings. The van der Waals surface area contributed by atoms with E-state index in [0.29, 0.717) is 24.4 Å². The maximum atomic E-state index is 12.0. The van der Waals surface area contributed by atoms with Gasteiger partial charge in [-0.3, -0.25) is 0 Å². The van der Waals surface area contributed by atoms with Crippen molar-refractivity contribution in [3.63, 3.8) is 0 Å². The van der Waals surface area contributed by atoms with E-state index >= 15 is 0 Å². The van der Waals surface area contributed by atoms with Crippen molar-refractivity contribution in [1.82, 2.24) is 10.0 Å². The molecule has 1 heterocycles. The fourth-order valence-corrected chi connectivity index (χ4v) is 5.49. The van der Waals surface area contributed by atoms with Crippen LogP contribution in [0.15, 0.2) is 0 Å². The van der Waals surface area contributed by atoms with Gasteiger partial charge in [0.1, 0.15) is 0 Å². The van der Waals surface area contributed by atoms with E-state index in [1.807, 2.05) is 23.5 Å². The Labute approximate surface area is 118 Å². The molecule has 18 heavy (non-hydrogen) atoms. The van der Waals surface area contributed by atoms with Crippen LogP contribution in [0.25, 0.3) is 0 Å². The highest BCUT2D eigenvalue weighted by Gasteiger charge is 2.26. The highest BCUT2D eigenvalue weighted by molar-refractivity contribution is 8.06. The third-order valence-corrected chi connectivity index (χ3v) is 7.84. The van der Waals surface area contributed by atoms with Gasteiger partial charge in [-0.1, -0.05) is 0 Å². The molecule has 2 rings (SSSR count). The van der Waals surface area contributed by atoms with Crippen molar-refractivity contribution in [2.24, 2.45) is 0 Å². The van der Waals surface area contributed by atoms with E-state index in [9.17, 15) is 8.42 Å². The van der Waals surface area contributed by atoms with Crippen LogP contribution in [0.5, 0.6) is 0 Å². The predicted molar refractivity (Wildman–Crippen MR) is 81.0 cm³/mol. The fourth-order valence-electron chi connectivity index (χ4n) is 1.74. The van der Waals surface area contributed by atoms with Gasteiger partial charge in [0.05, 0.1) is 5.25 Å². The van der Waals surface area contributed by atoms with Crippen molar-refractivity contribution >= 4 is 33.5 Å². The summed E-state index contributed by atoms with van der Waals surface area (Å²) in [7, 11) is -3.16. The van der Waals surface area contributed by atoms with Crippen molar-refractivity contribution in [2.75, 3.05) is 30.3 Å². The van der Waals surface area contributed by atoms with Gasteiger partial charge in [0.25, 0.3) is 0 Å². The molecule has 2 unspecified atom stereocenters. The Kier molecular flexibility index (Phi) is 5.68. The normalized spacial score (nSPS) is 27.1. The molecular weight excluding hydrogens is 288 g/mol. The maximum absolute atomic E-state index is 12.0. The Bertz CT molecular complexity index is 351. The van der Waals surface area contributed by atoms with Crippen LogP contribution in [0.2, 0.25) is 0 Å².